The number of carbonyl (C=O) groups is 5. The van der Waals surface area contributed by atoms with Gasteiger partial charge >= 0.3 is 11.9 Å². The minimum absolute atomic E-state index is 0.114. The van der Waals surface area contributed by atoms with Crippen molar-refractivity contribution in [2.24, 2.45) is 0 Å². The van der Waals surface area contributed by atoms with Gasteiger partial charge in [-0.3, -0.25) is 19.2 Å². The van der Waals surface area contributed by atoms with Crippen LogP contribution in [-0.4, -0.2) is 87.5 Å². The van der Waals surface area contributed by atoms with Crippen molar-refractivity contribution in [2.75, 3.05) is 12.3 Å². The minimum atomic E-state index is -1.69. The summed E-state index contributed by atoms with van der Waals surface area (Å²) in [6, 6.07) is -4.90. The quantitative estimate of drug-likeness (QED) is 0.157. The van der Waals surface area contributed by atoms with Crippen molar-refractivity contribution in [3.05, 3.63) is 0 Å². The first kappa shape index (κ1) is 24.7. The number of aliphatic carboxylic acids is 2. The van der Waals surface area contributed by atoms with Gasteiger partial charge in [0, 0.05) is 5.75 Å². The molecule has 13 heteroatoms. The summed E-state index contributed by atoms with van der Waals surface area (Å²) >= 11 is 4.00. The third-order valence-electron chi connectivity index (χ3n) is 4.25. The van der Waals surface area contributed by atoms with Crippen LogP contribution in [0, 0.1) is 0 Å². The summed E-state index contributed by atoms with van der Waals surface area (Å²) < 4.78 is 0. The zero-order valence-corrected chi connectivity index (χ0v) is 16.6. The number of hydrogen-bond acceptors (Lipinski definition) is 8. The van der Waals surface area contributed by atoms with Crippen LogP contribution in [-0.2, 0) is 24.0 Å². The number of carboxylic acid groups (broad SMARTS) is 2. The molecular formula is C16H26N4O8S. The van der Waals surface area contributed by atoms with Gasteiger partial charge in [-0.05, 0) is 26.3 Å². The molecule has 1 rings (SSSR count). The second kappa shape index (κ2) is 11.6. The summed E-state index contributed by atoms with van der Waals surface area (Å²) in [6.45, 7) is 1.80. The summed E-state index contributed by atoms with van der Waals surface area (Å²) in [4.78, 5) is 59.0. The Bertz CT molecular complexity index is 638. The van der Waals surface area contributed by atoms with Crippen LogP contribution in [0.4, 0.5) is 0 Å². The topological polar surface area (TPSA) is 194 Å². The number of nitrogens with one attached hydrogen (secondary N) is 4. The van der Waals surface area contributed by atoms with Gasteiger partial charge in [0.2, 0.25) is 17.7 Å². The van der Waals surface area contributed by atoms with Gasteiger partial charge in [-0.1, -0.05) is 0 Å². The van der Waals surface area contributed by atoms with Crippen molar-refractivity contribution < 1.29 is 39.3 Å². The first-order valence-electron chi connectivity index (χ1n) is 8.94. The fourth-order valence-corrected chi connectivity index (χ4v) is 2.93. The van der Waals surface area contributed by atoms with E-state index in [2.05, 4.69) is 28.6 Å². The van der Waals surface area contributed by atoms with E-state index >= 15 is 0 Å². The van der Waals surface area contributed by atoms with E-state index in [0.29, 0.717) is 13.0 Å². The van der Waals surface area contributed by atoms with Crippen molar-refractivity contribution in [1.82, 2.24) is 21.3 Å². The molecule has 0 bridgehead atoms. The van der Waals surface area contributed by atoms with Crippen molar-refractivity contribution in [3.63, 3.8) is 0 Å². The minimum Gasteiger partial charge on any atom is -0.481 e. The Balaban J connectivity index is 2.81. The smallest absolute Gasteiger partial charge is 0.328 e. The highest BCUT2D eigenvalue weighted by Crippen LogP contribution is 2.06. The van der Waals surface area contributed by atoms with Gasteiger partial charge < -0.3 is 36.6 Å². The Labute approximate surface area is 172 Å². The van der Waals surface area contributed by atoms with Crippen LogP contribution < -0.4 is 21.3 Å². The molecule has 0 saturated carbocycles. The van der Waals surface area contributed by atoms with Crippen LogP contribution in [0.3, 0.4) is 0 Å². The highest BCUT2D eigenvalue weighted by Gasteiger charge is 2.33. The summed E-state index contributed by atoms with van der Waals surface area (Å²) in [7, 11) is 0. The number of amides is 3. The molecule has 0 aromatic heterocycles. The molecule has 164 valence electrons. The van der Waals surface area contributed by atoms with Crippen LogP contribution in [0.1, 0.15) is 26.2 Å². The second-order valence-corrected chi connectivity index (χ2v) is 6.98. The lowest BCUT2D eigenvalue weighted by molar-refractivity contribution is -0.146. The monoisotopic (exact) mass is 434 g/mol. The summed E-state index contributed by atoms with van der Waals surface area (Å²) in [5, 5.41) is 37.1. The molecule has 12 nitrogen and oxygen atoms in total. The van der Waals surface area contributed by atoms with E-state index in [9.17, 15) is 29.1 Å². The van der Waals surface area contributed by atoms with Gasteiger partial charge in [-0.2, -0.15) is 12.6 Å². The molecule has 5 atom stereocenters. The predicted octanol–water partition coefficient (Wildman–Crippen LogP) is -2.94. The van der Waals surface area contributed by atoms with Crippen LogP contribution in [0.2, 0.25) is 0 Å². The van der Waals surface area contributed by atoms with E-state index < -0.39 is 66.4 Å². The molecule has 1 fully saturated rings. The Morgan fingerprint density at radius 3 is 2.14 bits per heavy atom. The molecule has 0 spiro atoms. The highest BCUT2D eigenvalue weighted by molar-refractivity contribution is 7.80. The fourth-order valence-electron chi connectivity index (χ4n) is 2.67. The summed E-state index contributed by atoms with van der Waals surface area (Å²) in [5.74, 6) is -5.44. The largest absolute Gasteiger partial charge is 0.481 e. The summed E-state index contributed by atoms with van der Waals surface area (Å²) in [5.41, 5.74) is 0. The summed E-state index contributed by atoms with van der Waals surface area (Å²) in [6.07, 6.45) is -0.875. The lowest BCUT2D eigenvalue weighted by Crippen LogP contribution is -2.59. The molecule has 0 aromatic carbocycles. The van der Waals surface area contributed by atoms with E-state index in [1.165, 1.54) is 0 Å². The normalized spacial score (nSPS) is 20.0. The number of hydrogen-bond donors (Lipinski definition) is 8. The Morgan fingerprint density at radius 2 is 1.69 bits per heavy atom. The molecule has 1 aliphatic rings. The van der Waals surface area contributed by atoms with E-state index in [4.69, 9.17) is 10.2 Å². The Morgan fingerprint density at radius 1 is 1.07 bits per heavy atom. The third-order valence-corrected chi connectivity index (χ3v) is 4.62. The number of carboxylic acids is 2. The maximum Gasteiger partial charge on any atom is 0.328 e. The standard InChI is InChI=1S/C16H26N4O8S/c1-7(21)12(16(27)28)20-14(25)9(5-11(22)23)18-15(26)10(6-29)19-13(24)8-3-2-4-17-8/h7-10,12,17,21,29H,2-6H2,1H3,(H,18,26)(H,19,24)(H,20,25)(H,22,23)(H,27,28). The molecule has 7 N–H and O–H groups in total. The third kappa shape index (κ3) is 7.87. The molecule has 0 radical (unpaired) electrons. The van der Waals surface area contributed by atoms with E-state index in [1.54, 1.807) is 0 Å². The molecule has 1 saturated heterocycles. The first-order chi connectivity index (χ1) is 13.6. The SMILES string of the molecule is CC(O)C(NC(=O)C(CC(=O)O)NC(=O)C(CS)NC(=O)C1CCCN1)C(=O)O. The van der Waals surface area contributed by atoms with Gasteiger partial charge in [0.15, 0.2) is 6.04 Å². The Kier molecular flexibility index (Phi) is 9.85. The van der Waals surface area contributed by atoms with Gasteiger partial charge in [0.1, 0.15) is 12.1 Å². The number of rotatable bonds is 11. The van der Waals surface area contributed by atoms with Gasteiger partial charge in [-0.25, -0.2) is 4.79 Å². The average Bonchev–Trinajstić information content (AvgIpc) is 3.16. The van der Waals surface area contributed by atoms with E-state index in [-0.39, 0.29) is 5.75 Å². The van der Waals surface area contributed by atoms with Crippen molar-refractivity contribution in [3.8, 4) is 0 Å². The molecule has 0 aromatic rings. The molecule has 1 aliphatic heterocycles. The molecule has 0 aliphatic carbocycles. The zero-order valence-electron chi connectivity index (χ0n) is 15.8. The number of carbonyl (C=O) groups excluding carboxylic acids is 3. The number of aliphatic hydroxyl groups excluding tert-OH is 1. The maximum atomic E-state index is 12.4. The Hall–Kier alpha value is -2.38. The van der Waals surface area contributed by atoms with Crippen molar-refractivity contribution >= 4 is 42.3 Å². The molecule has 1 heterocycles. The highest BCUT2D eigenvalue weighted by atomic mass is 32.1. The lowest BCUT2D eigenvalue weighted by Gasteiger charge is -2.24. The van der Waals surface area contributed by atoms with Crippen molar-refractivity contribution in [2.45, 2.75) is 56.5 Å². The van der Waals surface area contributed by atoms with Crippen LogP contribution in [0.5, 0.6) is 0 Å². The van der Waals surface area contributed by atoms with Crippen molar-refractivity contribution in [1.29, 1.82) is 0 Å². The number of aliphatic hydroxyl groups is 1. The predicted molar refractivity (Wildman–Crippen MR) is 102 cm³/mol. The van der Waals surface area contributed by atoms with Crippen LogP contribution in [0.15, 0.2) is 0 Å². The molecule has 5 unspecified atom stereocenters. The van der Waals surface area contributed by atoms with Gasteiger partial charge in [0.05, 0.1) is 18.6 Å². The van der Waals surface area contributed by atoms with E-state index in [1.807, 2.05) is 5.32 Å². The molecular weight excluding hydrogens is 408 g/mol. The van der Waals surface area contributed by atoms with Gasteiger partial charge in [-0.15, -0.1) is 0 Å². The van der Waals surface area contributed by atoms with Gasteiger partial charge in [0.25, 0.3) is 0 Å². The fraction of sp³-hybridized carbons (Fsp3) is 0.688. The van der Waals surface area contributed by atoms with E-state index in [0.717, 1.165) is 13.3 Å². The maximum absolute atomic E-state index is 12.4. The first-order valence-corrected chi connectivity index (χ1v) is 9.58. The van der Waals surface area contributed by atoms with Crippen LogP contribution in [0.25, 0.3) is 0 Å². The second-order valence-electron chi connectivity index (χ2n) is 6.62. The molecule has 29 heavy (non-hydrogen) atoms. The number of thiol groups is 1. The van der Waals surface area contributed by atoms with Crippen LogP contribution >= 0.6 is 12.6 Å². The molecule has 3 amide bonds. The average molecular weight is 434 g/mol. The zero-order chi connectivity index (χ0) is 22.1. The lowest BCUT2D eigenvalue weighted by atomic mass is 10.1.